The summed E-state index contributed by atoms with van der Waals surface area (Å²) in [6.07, 6.45) is 2.10. The SMILES string of the molecule is CCCc1ccc(OCCNC(=O)CN(c2ccc(C)c(Cl)c2)S(=O)(=O)c2ccc(C)cc2)cc1. The summed E-state index contributed by atoms with van der Waals surface area (Å²) in [5.41, 5.74) is 3.32. The zero-order chi connectivity index (χ0) is 25.4. The van der Waals surface area contributed by atoms with Crippen LogP contribution in [0, 0.1) is 13.8 Å². The summed E-state index contributed by atoms with van der Waals surface area (Å²) in [4.78, 5) is 12.8. The lowest BCUT2D eigenvalue weighted by Gasteiger charge is -2.24. The fraction of sp³-hybridized carbons (Fsp3) is 0.296. The molecule has 1 N–H and O–H groups in total. The minimum absolute atomic E-state index is 0.0995. The van der Waals surface area contributed by atoms with Gasteiger partial charge in [-0.15, -0.1) is 0 Å². The number of carbonyl (C=O) groups excluding carboxylic acids is 1. The zero-order valence-corrected chi connectivity index (χ0v) is 21.8. The molecule has 0 fully saturated rings. The predicted molar refractivity (Wildman–Crippen MR) is 141 cm³/mol. The number of carbonyl (C=O) groups is 1. The molecule has 0 aliphatic heterocycles. The maximum Gasteiger partial charge on any atom is 0.264 e. The maximum absolute atomic E-state index is 13.4. The minimum atomic E-state index is -4.00. The van der Waals surface area contributed by atoms with E-state index < -0.39 is 15.9 Å². The summed E-state index contributed by atoms with van der Waals surface area (Å²) in [6, 6.07) is 19.3. The minimum Gasteiger partial charge on any atom is -0.492 e. The summed E-state index contributed by atoms with van der Waals surface area (Å²) in [5.74, 6) is 0.274. The van der Waals surface area contributed by atoms with Gasteiger partial charge in [0.15, 0.2) is 0 Å². The number of nitrogens with one attached hydrogen (secondary N) is 1. The van der Waals surface area contributed by atoms with Gasteiger partial charge in [0.25, 0.3) is 10.0 Å². The standard InChI is InChI=1S/C27H31ClN2O4S/c1-4-5-22-9-12-24(13-10-22)34-17-16-29-27(31)19-30(23-11-8-21(3)26(28)18-23)35(32,33)25-14-6-20(2)7-15-25/h6-15,18H,4-5,16-17,19H2,1-3H3,(H,29,31). The Balaban J connectivity index is 1.68. The molecule has 0 unspecified atom stereocenters. The van der Waals surface area contributed by atoms with Crippen LogP contribution in [0.15, 0.2) is 71.6 Å². The third-order valence-corrected chi connectivity index (χ3v) is 7.69. The molecule has 35 heavy (non-hydrogen) atoms. The van der Waals surface area contributed by atoms with Gasteiger partial charge in [0.05, 0.1) is 17.1 Å². The Morgan fingerprint density at radius 3 is 2.31 bits per heavy atom. The Morgan fingerprint density at radius 1 is 1.00 bits per heavy atom. The molecule has 0 atom stereocenters. The van der Waals surface area contributed by atoms with Crippen molar-refractivity contribution in [3.8, 4) is 5.75 Å². The van der Waals surface area contributed by atoms with Crippen molar-refractivity contribution in [1.82, 2.24) is 5.32 Å². The number of amides is 1. The Bertz CT molecular complexity index is 1240. The van der Waals surface area contributed by atoms with E-state index >= 15 is 0 Å². The van der Waals surface area contributed by atoms with E-state index in [9.17, 15) is 13.2 Å². The van der Waals surface area contributed by atoms with E-state index in [4.69, 9.17) is 16.3 Å². The van der Waals surface area contributed by atoms with Crippen LogP contribution in [0.2, 0.25) is 5.02 Å². The molecule has 3 rings (SSSR count). The van der Waals surface area contributed by atoms with E-state index in [1.54, 1.807) is 30.3 Å². The molecule has 6 nitrogen and oxygen atoms in total. The highest BCUT2D eigenvalue weighted by atomic mass is 35.5. The fourth-order valence-corrected chi connectivity index (χ4v) is 5.06. The number of hydrogen-bond donors (Lipinski definition) is 1. The Morgan fingerprint density at radius 2 is 1.69 bits per heavy atom. The van der Waals surface area contributed by atoms with E-state index in [0.717, 1.165) is 34.0 Å². The second-order valence-corrected chi connectivity index (χ2v) is 10.6. The van der Waals surface area contributed by atoms with Crippen LogP contribution in [0.3, 0.4) is 0 Å². The molecule has 1 amide bonds. The number of aryl methyl sites for hydroxylation is 3. The van der Waals surface area contributed by atoms with E-state index in [1.165, 1.54) is 17.7 Å². The second-order valence-electron chi connectivity index (χ2n) is 8.35. The first-order valence-electron chi connectivity index (χ1n) is 11.5. The topological polar surface area (TPSA) is 75.7 Å². The number of halogens is 1. The van der Waals surface area contributed by atoms with Crippen molar-refractivity contribution >= 4 is 33.2 Å². The number of ether oxygens (including phenoxy) is 1. The molecule has 3 aromatic rings. The molecular weight excluding hydrogens is 484 g/mol. The average molecular weight is 515 g/mol. The molecule has 0 heterocycles. The molecule has 186 valence electrons. The molecule has 3 aromatic carbocycles. The van der Waals surface area contributed by atoms with Gasteiger partial charge in [-0.05, 0) is 67.8 Å². The van der Waals surface area contributed by atoms with E-state index in [-0.39, 0.29) is 24.6 Å². The first-order chi connectivity index (χ1) is 16.7. The zero-order valence-electron chi connectivity index (χ0n) is 20.3. The highest BCUT2D eigenvalue weighted by Crippen LogP contribution is 2.28. The van der Waals surface area contributed by atoms with Gasteiger partial charge in [0.1, 0.15) is 18.9 Å². The van der Waals surface area contributed by atoms with Crippen LogP contribution in [0.1, 0.15) is 30.0 Å². The first kappa shape index (κ1) is 26.6. The van der Waals surface area contributed by atoms with E-state index in [1.807, 2.05) is 38.1 Å². The molecule has 0 radical (unpaired) electrons. The molecule has 0 saturated carbocycles. The summed E-state index contributed by atoms with van der Waals surface area (Å²) < 4.78 is 33.7. The summed E-state index contributed by atoms with van der Waals surface area (Å²) in [7, 11) is -4.00. The van der Waals surface area contributed by atoms with Crippen LogP contribution in [0.4, 0.5) is 5.69 Å². The number of anilines is 1. The van der Waals surface area contributed by atoms with E-state index in [0.29, 0.717) is 10.7 Å². The third kappa shape index (κ3) is 7.23. The average Bonchev–Trinajstić information content (AvgIpc) is 2.83. The first-order valence-corrected chi connectivity index (χ1v) is 13.4. The summed E-state index contributed by atoms with van der Waals surface area (Å²) >= 11 is 6.26. The van der Waals surface area contributed by atoms with Crippen molar-refractivity contribution in [2.45, 2.75) is 38.5 Å². The highest BCUT2D eigenvalue weighted by molar-refractivity contribution is 7.92. The Hall–Kier alpha value is -3.03. The van der Waals surface area contributed by atoms with Crippen LogP contribution >= 0.6 is 11.6 Å². The smallest absolute Gasteiger partial charge is 0.264 e. The Kier molecular flexibility index (Phi) is 9.18. The molecule has 0 aromatic heterocycles. The second kappa shape index (κ2) is 12.1. The lowest BCUT2D eigenvalue weighted by molar-refractivity contribution is -0.119. The van der Waals surface area contributed by atoms with Gasteiger partial charge in [0.2, 0.25) is 5.91 Å². The molecule has 0 aliphatic rings. The number of rotatable bonds is 11. The molecule has 0 saturated heterocycles. The van der Waals surface area contributed by atoms with Crippen molar-refractivity contribution in [1.29, 1.82) is 0 Å². The number of hydrogen-bond acceptors (Lipinski definition) is 4. The molecule has 0 spiro atoms. The van der Waals surface area contributed by atoms with Crippen LogP contribution < -0.4 is 14.4 Å². The van der Waals surface area contributed by atoms with E-state index in [2.05, 4.69) is 12.2 Å². The van der Waals surface area contributed by atoms with Crippen molar-refractivity contribution in [2.24, 2.45) is 0 Å². The quantitative estimate of drug-likeness (QED) is 0.352. The fourth-order valence-electron chi connectivity index (χ4n) is 3.48. The summed E-state index contributed by atoms with van der Waals surface area (Å²) in [5, 5.41) is 3.16. The molecule has 0 aliphatic carbocycles. The Labute approximate surface area is 212 Å². The van der Waals surface area contributed by atoms with Gasteiger partial charge in [0, 0.05) is 5.02 Å². The molecular formula is C27H31ClN2O4S. The van der Waals surface area contributed by atoms with Gasteiger partial charge in [-0.25, -0.2) is 8.42 Å². The van der Waals surface area contributed by atoms with Crippen molar-refractivity contribution in [3.63, 3.8) is 0 Å². The van der Waals surface area contributed by atoms with Gasteiger partial charge in [-0.1, -0.05) is 60.8 Å². The largest absolute Gasteiger partial charge is 0.492 e. The normalized spacial score (nSPS) is 11.2. The summed E-state index contributed by atoms with van der Waals surface area (Å²) in [6.45, 7) is 5.95. The highest BCUT2D eigenvalue weighted by Gasteiger charge is 2.27. The van der Waals surface area contributed by atoms with Crippen LogP contribution in [0.5, 0.6) is 5.75 Å². The number of sulfonamides is 1. The lowest BCUT2D eigenvalue weighted by Crippen LogP contribution is -2.42. The van der Waals surface area contributed by atoms with Gasteiger partial charge >= 0.3 is 0 Å². The molecule has 0 bridgehead atoms. The van der Waals surface area contributed by atoms with Crippen molar-refractivity contribution in [2.75, 3.05) is 24.0 Å². The van der Waals surface area contributed by atoms with Gasteiger partial charge in [-0.2, -0.15) is 0 Å². The monoisotopic (exact) mass is 514 g/mol. The van der Waals surface area contributed by atoms with Gasteiger partial charge < -0.3 is 10.1 Å². The number of nitrogens with zero attached hydrogens (tertiary/aromatic N) is 1. The van der Waals surface area contributed by atoms with Gasteiger partial charge in [-0.3, -0.25) is 9.10 Å². The maximum atomic E-state index is 13.4. The van der Waals surface area contributed by atoms with Crippen LogP contribution in [-0.4, -0.2) is 34.0 Å². The number of benzene rings is 3. The van der Waals surface area contributed by atoms with Crippen molar-refractivity contribution in [3.05, 3.63) is 88.4 Å². The third-order valence-electron chi connectivity index (χ3n) is 5.49. The van der Waals surface area contributed by atoms with Crippen LogP contribution in [-0.2, 0) is 21.2 Å². The van der Waals surface area contributed by atoms with Crippen molar-refractivity contribution < 1.29 is 17.9 Å². The molecule has 8 heteroatoms. The lowest BCUT2D eigenvalue weighted by atomic mass is 10.1. The predicted octanol–water partition coefficient (Wildman–Crippen LogP) is 5.30. The van der Waals surface area contributed by atoms with Crippen LogP contribution in [0.25, 0.3) is 0 Å².